The van der Waals surface area contributed by atoms with E-state index in [-0.39, 0.29) is 0 Å². The van der Waals surface area contributed by atoms with Crippen molar-refractivity contribution in [2.45, 2.75) is 104 Å². The van der Waals surface area contributed by atoms with Crippen molar-refractivity contribution >= 4 is 8.32 Å². The topological polar surface area (TPSA) is 9.23 Å². The predicted octanol–water partition coefficient (Wildman–Crippen LogP) is 7.10. The zero-order valence-electron chi connectivity index (χ0n) is 15.6. The third kappa shape index (κ3) is 11.2. The molecule has 21 heavy (non-hydrogen) atoms. The molecule has 0 amide bonds. The van der Waals surface area contributed by atoms with Crippen molar-refractivity contribution in [2.24, 2.45) is 0 Å². The van der Waals surface area contributed by atoms with Gasteiger partial charge in [0.05, 0.1) is 6.61 Å². The maximum Gasteiger partial charge on any atom is 0.192 e. The summed E-state index contributed by atoms with van der Waals surface area (Å²) in [5, 5.41) is 0.318. The second-order valence-electron chi connectivity index (χ2n) is 7.81. The average Bonchev–Trinajstić information content (AvgIpc) is 2.38. The van der Waals surface area contributed by atoms with Gasteiger partial charge in [0.15, 0.2) is 8.32 Å². The molecular weight excluding hydrogens is 272 g/mol. The van der Waals surface area contributed by atoms with Crippen LogP contribution >= 0.6 is 0 Å². The molecule has 2 heteroatoms. The van der Waals surface area contributed by atoms with Crippen molar-refractivity contribution in [3.63, 3.8) is 0 Å². The number of rotatable bonds is 12. The number of hydrogen-bond acceptors (Lipinski definition) is 1. The molecule has 0 saturated carbocycles. The highest BCUT2D eigenvalue weighted by Crippen LogP contribution is 2.36. The van der Waals surface area contributed by atoms with Crippen LogP contribution in [0.25, 0.3) is 0 Å². The lowest BCUT2D eigenvalue weighted by atomic mass is 10.1. The van der Waals surface area contributed by atoms with E-state index in [1.54, 1.807) is 0 Å². The van der Waals surface area contributed by atoms with E-state index in [2.05, 4.69) is 52.9 Å². The van der Waals surface area contributed by atoms with Gasteiger partial charge in [0.25, 0.3) is 0 Å². The summed E-state index contributed by atoms with van der Waals surface area (Å²) in [4.78, 5) is 0. The minimum Gasteiger partial charge on any atom is -0.413 e. The van der Waals surface area contributed by atoms with E-state index in [9.17, 15) is 0 Å². The first kappa shape index (κ1) is 20.9. The molecule has 0 aromatic carbocycles. The SMILES string of the molecule is CCCCCCCCCC/C=C/CO[Si](C)(C)C(C)(C)C. The lowest BCUT2D eigenvalue weighted by Gasteiger charge is -2.35. The second-order valence-corrected chi connectivity index (χ2v) is 12.6. The van der Waals surface area contributed by atoms with Crippen LogP contribution in [0.4, 0.5) is 0 Å². The van der Waals surface area contributed by atoms with Crippen LogP contribution < -0.4 is 0 Å². The Morgan fingerprint density at radius 2 is 1.33 bits per heavy atom. The van der Waals surface area contributed by atoms with E-state index in [0.717, 1.165) is 6.61 Å². The molecule has 0 N–H and O–H groups in total. The molecule has 0 fully saturated rings. The normalized spacial score (nSPS) is 13.2. The Balaban J connectivity index is 3.46. The molecule has 0 rings (SSSR count). The van der Waals surface area contributed by atoms with E-state index < -0.39 is 8.32 Å². The molecular formula is C19H40OSi. The quantitative estimate of drug-likeness (QED) is 0.212. The summed E-state index contributed by atoms with van der Waals surface area (Å²) < 4.78 is 6.13. The molecule has 0 aromatic heterocycles. The molecule has 0 bridgehead atoms. The Hall–Kier alpha value is -0.0831. The predicted molar refractivity (Wildman–Crippen MR) is 99.5 cm³/mol. The fraction of sp³-hybridized carbons (Fsp3) is 0.895. The van der Waals surface area contributed by atoms with Gasteiger partial charge in [-0.3, -0.25) is 0 Å². The first-order valence-corrected chi connectivity index (χ1v) is 12.0. The Morgan fingerprint density at radius 1 is 0.810 bits per heavy atom. The molecule has 0 aliphatic carbocycles. The summed E-state index contributed by atoms with van der Waals surface area (Å²) in [6.45, 7) is 14.6. The van der Waals surface area contributed by atoms with E-state index in [0.29, 0.717) is 5.04 Å². The Labute approximate surface area is 135 Å². The van der Waals surface area contributed by atoms with Gasteiger partial charge in [0, 0.05) is 0 Å². The van der Waals surface area contributed by atoms with Crippen LogP contribution in [0.3, 0.4) is 0 Å². The highest BCUT2D eigenvalue weighted by molar-refractivity contribution is 6.74. The third-order valence-corrected chi connectivity index (χ3v) is 9.24. The maximum absolute atomic E-state index is 6.13. The molecule has 126 valence electrons. The number of allylic oxidation sites excluding steroid dienone is 1. The van der Waals surface area contributed by atoms with Gasteiger partial charge < -0.3 is 4.43 Å². The largest absolute Gasteiger partial charge is 0.413 e. The summed E-state index contributed by atoms with van der Waals surface area (Å²) in [6, 6.07) is 0. The van der Waals surface area contributed by atoms with Gasteiger partial charge in [0.1, 0.15) is 0 Å². The molecule has 0 unspecified atom stereocenters. The highest BCUT2D eigenvalue weighted by Gasteiger charge is 2.36. The fourth-order valence-corrected chi connectivity index (χ4v) is 3.00. The van der Waals surface area contributed by atoms with E-state index in [1.165, 1.54) is 57.8 Å². The van der Waals surface area contributed by atoms with Gasteiger partial charge in [-0.2, -0.15) is 0 Å². The van der Waals surface area contributed by atoms with Crippen LogP contribution in [-0.4, -0.2) is 14.9 Å². The number of hydrogen-bond donors (Lipinski definition) is 0. The van der Waals surface area contributed by atoms with Gasteiger partial charge >= 0.3 is 0 Å². The van der Waals surface area contributed by atoms with Crippen molar-refractivity contribution in [1.82, 2.24) is 0 Å². The van der Waals surface area contributed by atoms with Crippen LogP contribution in [0.2, 0.25) is 18.1 Å². The summed E-state index contributed by atoms with van der Waals surface area (Å²) >= 11 is 0. The van der Waals surface area contributed by atoms with Crippen molar-refractivity contribution in [2.75, 3.05) is 6.61 Å². The molecule has 0 spiro atoms. The summed E-state index contributed by atoms with van der Waals surface area (Å²) in [6.07, 6.45) is 17.0. The lowest BCUT2D eigenvalue weighted by Crippen LogP contribution is -2.40. The monoisotopic (exact) mass is 312 g/mol. The Bertz CT molecular complexity index is 263. The minimum absolute atomic E-state index is 0.318. The Morgan fingerprint density at radius 3 is 1.86 bits per heavy atom. The van der Waals surface area contributed by atoms with Crippen molar-refractivity contribution < 1.29 is 4.43 Å². The third-order valence-electron chi connectivity index (χ3n) is 4.74. The van der Waals surface area contributed by atoms with Crippen LogP contribution in [0, 0.1) is 0 Å². The van der Waals surface area contributed by atoms with Gasteiger partial charge in [-0.25, -0.2) is 0 Å². The minimum atomic E-state index is -1.55. The van der Waals surface area contributed by atoms with E-state index in [1.807, 2.05) is 0 Å². The van der Waals surface area contributed by atoms with Crippen molar-refractivity contribution in [3.8, 4) is 0 Å². The van der Waals surface area contributed by atoms with Crippen LogP contribution in [0.1, 0.15) is 85.5 Å². The summed E-state index contributed by atoms with van der Waals surface area (Å²) in [7, 11) is -1.55. The molecule has 0 aromatic rings. The standard InChI is InChI=1S/C19H40OSi/c1-7-8-9-10-11-12-13-14-15-16-17-18-20-21(5,6)19(2,3)4/h16-17H,7-15,18H2,1-6H3/b17-16+. The van der Waals surface area contributed by atoms with E-state index in [4.69, 9.17) is 4.43 Å². The average molecular weight is 313 g/mol. The first-order chi connectivity index (χ1) is 9.81. The van der Waals surface area contributed by atoms with Crippen LogP contribution in [-0.2, 0) is 4.43 Å². The zero-order chi connectivity index (χ0) is 16.2. The van der Waals surface area contributed by atoms with Gasteiger partial charge in [0.2, 0.25) is 0 Å². The van der Waals surface area contributed by atoms with Crippen LogP contribution in [0.5, 0.6) is 0 Å². The van der Waals surface area contributed by atoms with Crippen LogP contribution in [0.15, 0.2) is 12.2 Å². The molecule has 0 heterocycles. The van der Waals surface area contributed by atoms with Gasteiger partial charge in [-0.05, 0) is 31.0 Å². The lowest BCUT2D eigenvalue weighted by molar-refractivity contribution is 0.327. The molecule has 0 aliphatic heterocycles. The second kappa shape index (κ2) is 11.5. The molecule has 1 nitrogen and oxygen atoms in total. The zero-order valence-corrected chi connectivity index (χ0v) is 16.6. The molecule has 0 radical (unpaired) electrons. The summed E-state index contributed by atoms with van der Waals surface area (Å²) in [5.41, 5.74) is 0. The number of unbranched alkanes of at least 4 members (excludes halogenated alkanes) is 8. The Kier molecular flexibility index (Phi) is 11.4. The van der Waals surface area contributed by atoms with Gasteiger partial charge in [-0.15, -0.1) is 0 Å². The first-order valence-electron chi connectivity index (χ1n) is 9.10. The summed E-state index contributed by atoms with van der Waals surface area (Å²) in [5.74, 6) is 0. The molecule has 0 atom stereocenters. The van der Waals surface area contributed by atoms with Gasteiger partial charge in [-0.1, -0.05) is 84.8 Å². The van der Waals surface area contributed by atoms with Crippen molar-refractivity contribution in [3.05, 3.63) is 12.2 Å². The van der Waals surface area contributed by atoms with E-state index >= 15 is 0 Å². The smallest absolute Gasteiger partial charge is 0.192 e. The fourth-order valence-electron chi connectivity index (χ4n) is 2.05. The van der Waals surface area contributed by atoms with Crippen molar-refractivity contribution in [1.29, 1.82) is 0 Å². The highest BCUT2D eigenvalue weighted by atomic mass is 28.4. The maximum atomic E-state index is 6.13. The molecule has 0 saturated heterocycles. The molecule has 0 aliphatic rings.